The Hall–Kier alpha value is -3.40. The highest BCUT2D eigenvalue weighted by Gasteiger charge is 2.37. The second kappa shape index (κ2) is 11.1. The third-order valence-electron chi connectivity index (χ3n) is 7.16. The number of rotatable bonds is 8. The minimum Gasteiger partial charge on any atom is -0.508 e. The van der Waals surface area contributed by atoms with Crippen LogP contribution in [0.4, 0.5) is 5.69 Å². The van der Waals surface area contributed by atoms with Crippen LogP contribution in [0.25, 0.3) is 0 Å². The summed E-state index contributed by atoms with van der Waals surface area (Å²) in [5, 5.41) is 12.7. The molecule has 8 nitrogen and oxygen atoms in total. The predicted octanol–water partition coefficient (Wildman–Crippen LogP) is 4.16. The van der Waals surface area contributed by atoms with Crippen LogP contribution in [0.2, 0.25) is 0 Å². The number of fused-ring (bicyclic) bond motifs is 1. The first-order valence-electron chi connectivity index (χ1n) is 13.0. The van der Waals surface area contributed by atoms with Crippen molar-refractivity contribution in [3.8, 4) is 11.5 Å². The fourth-order valence-corrected chi connectivity index (χ4v) is 6.88. The van der Waals surface area contributed by atoms with Gasteiger partial charge in [0.2, 0.25) is 15.9 Å². The number of benzene rings is 3. The van der Waals surface area contributed by atoms with Crippen LogP contribution in [-0.4, -0.2) is 61.4 Å². The van der Waals surface area contributed by atoms with Crippen molar-refractivity contribution in [1.82, 2.24) is 9.21 Å². The Morgan fingerprint density at radius 3 is 2.39 bits per heavy atom. The maximum atomic E-state index is 13.9. The van der Waals surface area contributed by atoms with Gasteiger partial charge >= 0.3 is 0 Å². The Labute approximate surface area is 223 Å². The average molecular weight is 536 g/mol. The molecule has 0 aromatic heterocycles. The molecular weight excluding hydrogens is 502 g/mol. The molecule has 3 aromatic rings. The van der Waals surface area contributed by atoms with E-state index in [9.17, 15) is 18.3 Å². The second-order valence-electron chi connectivity index (χ2n) is 9.82. The number of hydrogen-bond donors (Lipinski definition) is 2. The molecule has 0 spiro atoms. The van der Waals surface area contributed by atoms with Gasteiger partial charge in [0.25, 0.3) is 0 Å². The molecule has 3 aromatic carbocycles. The number of aromatic hydroxyl groups is 1. The molecule has 0 saturated carbocycles. The van der Waals surface area contributed by atoms with Gasteiger partial charge in [0.1, 0.15) is 18.1 Å². The van der Waals surface area contributed by atoms with Crippen LogP contribution in [0, 0.1) is 0 Å². The van der Waals surface area contributed by atoms with Crippen molar-refractivity contribution in [3.05, 3.63) is 83.4 Å². The largest absolute Gasteiger partial charge is 0.508 e. The van der Waals surface area contributed by atoms with Crippen LogP contribution < -0.4 is 10.1 Å². The molecule has 2 aliphatic heterocycles. The first-order chi connectivity index (χ1) is 18.3. The molecule has 2 aliphatic rings. The van der Waals surface area contributed by atoms with Gasteiger partial charge in [-0.25, -0.2) is 8.42 Å². The van der Waals surface area contributed by atoms with Gasteiger partial charge in [0, 0.05) is 25.7 Å². The number of carbonyl (C=O) groups is 1. The van der Waals surface area contributed by atoms with Gasteiger partial charge in [0.15, 0.2) is 0 Å². The highest BCUT2D eigenvalue weighted by Crippen LogP contribution is 2.40. The number of phenolic OH excluding ortho intramolecular Hbond substituents is 1. The van der Waals surface area contributed by atoms with E-state index in [1.807, 2.05) is 24.3 Å². The fourth-order valence-electron chi connectivity index (χ4n) is 5.29. The van der Waals surface area contributed by atoms with Gasteiger partial charge in [-0.15, -0.1) is 0 Å². The minimum atomic E-state index is -3.87. The fraction of sp³-hybridized carbons (Fsp3) is 0.345. The third kappa shape index (κ3) is 5.70. The number of anilines is 1. The van der Waals surface area contributed by atoms with E-state index in [2.05, 4.69) is 10.2 Å². The maximum absolute atomic E-state index is 13.9. The highest BCUT2D eigenvalue weighted by atomic mass is 32.2. The Balaban J connectivity index is 1.42. The monoisotopic (exact) mass is 535 g/mol. The molecule has 1 unspecified atom stereocenters. The quantitative estimate of drug-likeness (QED) is 0.449. The first kappa shape index (κ1) is 26.2. The predicted molar refractivity (Wildman–Crippen MR) is 146 cm³/mol. The van der Waals surface area contributed by atoms with E-state index in [1.165, 1.54) is 36.2 Å². The summed E-state index contributed by atoms with van der Waals surface area (Å²) in [6.07, 6.45) is 2.98. The third-order valence-corrected chi connectivity index (χ3v) is 9.04. The number of amides is 1. The van der Waals surface area contributed by atoms with Crippen molar-refractivity contribution < 1.29 is 23.1 Å². The lowest BCUT2D eigenvalue weighted by atomic mass is 9.89. The SMILES string of the molecule is CC(=O)Nc1ccc(S(=O)(=O)N2CCc3cc(O)ccc3C2c2ccc(OCCN3CCCC3)cc2)cc1. The Bertz CT molecular complexity index is 1380. The van der Waals surface area contributed by atoms with Crippen molar-refractivity contribution in [3.63, 3.8) is 0 Å². The molecule has 9 heteroatoms. The van der Waals surface area contributed by atoms with E-state index in [4.69, 9.17) is 4.74 Å². The van der Waals surface area contributed by atoms with E-state index in [1.54, 1.807) is 30.3 Å². The van der Waals surface area contributed by atoms with Gasteiger partial charge in [-0.1, -0.05) is 18.2 Å². The lowest BCUT2D eigenvalue weighted by Gasteiger charge is -2.37. The van der Waals surface area contributed by atoms with Crippen molar-refractivity contribution in [2.75, 3.05) is 38.1 Å². The molecule has 0 radical (unpaired) electrons. The number of sulfonamides is 1. The number of phenols is 1. The van der Waals surface area contributed by atoms with Crippen molar-refractivity contribution in [2.24, 2.45) is 0 Å². The zero-order valence-electron chi connectivity index (χ0n) is 21.5. The van der Waals surface area contributed by atoms with Gasteiger partial charge in [0.05, 0.1) is 10.9 Å². The van der Waals surface area contributed by atoms with Crippen molar-refractivity contribution in [1.29, 1.82) is 0 Å². The van der Waals surface area contributed by atoms with E-state index in [0.717, 1.165) is 42.1 Å². The summed E-state index contributed by atoms with van der Waals surface area (Å²) >= 11 is 0. The highest BCUT2D eigenvalue weighted by molar-refractivity contribution is 7.89. The summed E-state index contributed by atoms with van der Waals surface area (Å²) in [4.78, 5) is 13.9. The van der Waals surface area contributed by atoms with E-state index < -0.39 is 16.1 Å². The molecule has 5 rings (SSSR count). The summed E-state index contributed by atoms with van der Waals surface area (Å²) in [5.74, 6) is 0.687. The number of nitrogens with one attached hydrogen (secondary N) is 1. The average Bonchev–Trinajstić information content (AvgIpc) is 3.42. The summed E-state index contributed by atoms with van der Waals surface area (Å²) < 4.78 is 35.2. The number of carbonyl (C=O) groups excluding carboxylic acids is 1. The summed E-state index contributed by atoms with van der Waals surface area (Å²) in [7, 11) is -3.87. The lowest BCUT2D eigenvalue weighted by molar-refractivity contribution is -0.114. The second-order valence-corrected chi connectivity index (χ2v) is 11.7. The molecule has 0 aliphatic carbocycles. The molecule has 0 bridgehead atoms. The van der Waals surface area contributed by atoms with Crippen molar-refractivity contribution in [2.45, 2.75) is 37.1 Å². The van der Waals surface area contributed by atoms with Crippen LogP contribution in [0.5, 0.6) is 11.5 Å². The summed E-state index contributed by atoms with van der Waals surface area (Å²) in [6, 6.07) is 18.4. The lowest BCUT2D eigenvalue weighted by Crippen LogP contribution is -2.40. The van der Waals surface area contributed by atoms with Gasteiger partial charge < -0.3 is 15.2 Å². The maximum Gasteiger partial charge on any atom is 0.243 e. The van der Waals surface area contributed by atoms with Crippen LogP contribution in [-0.2, 0) is 21.2 Å². The zero-order chi connectivity index (χ0) is 26.7. The smallest absolute Gasteiger partial charge is 0.243 e. The van der Waals surface area contributed by atoms with Crippen LogP contribution >= 0.6 is 0 Å². The van der Waals surface area contributed by atoms with Gasteiger partial charge in [-0.3, -0.25) is 9.69 Å². The van der Waals surface area contributed by atoms with E-state index in [0.29, 0.717) is 18.7 Å². The zero-order valence-corrected chi connectivity index (χ0v) is 22.3. The molecular formula is C29H33N3O5S. The molecule has 1 saturated heterocycles. The van der Waals surface area contributed by atoms with Crippen molar-refractivity contribution >= 4 is 21.6 Å². The van der Waals surface area contributed by atoms with E-state index in [-0.39, 0.29) is 23.1 Å². The van der Waals surface area contributed by atoms with Crippen LogP contribution in [0.15, 0.2) is 71.6 Å². The molecule has 2 N–H and O–H groups in total. The summed E-state index contributed by atoms with van der Waals surface area (Å²) in [5.41, 5.74) is 3.12. The number of nitrogens with zero attached hydrogens (tertiary/aromatic N) is 2. The summed E-state index contributed by atoms with van der Waals surface area (Å²) in [6.45, 7) is 5.43. The topological polar surface area (TPSA) is 99.2 Å². The van der Waals surface area contributed by atoms with Crippen LogP contribution in [0.3, 0.4) is 0 Å². The molecule has 2 heterocycles. The van der Waals surface area contributed by atoms with E-state index >= 15 is 0 Å². The van der Waals surface area contributed by atoms with Crippen LogP contribution in [0.1, 0.15) is 42.5 Å². The molecule has 1 atom stereocenters. The normalized spacial score (nSPS) is 18.2. The number of hydrogen-bond acceptors (Lipinski definition) is 6. The Morgan fingerprint density at radius 1 is 1.00 bits per heavy atom. The molecule has 1 fully saturated rings. The molecule has 200 valence electrons. The standard InChI is InChI=1S/C29H33N3O5S/c1-21(33)30-24-6-11-27(12-7-24)38(35,36)32-17-14-23-20-25(34)8-13-28(23)29(32)22-4-9-26(10-5-22)37-19-18-31-15-2-3-16-31/h4-13,20,29,34H,2-3,14-19H2,1H3,(H,30,33). The number of likely N-dealkylation sites (tertiary alicyclic amines) is 1. The Morgan fingerprint density at radius 2 is 1.71 bits per heavy atom. The Kier molecular flexibility index (Phi) is 7.69. The number of ether oxygens (including phenoxy) is 1. The molecule has 1 amide bonds. The van der Waals surface area contributed by atoms with Gasteiger partial charge in [-0.2, -0.15) is 4.31 Å². The van der Waals surface area contributed by atoms with Gasteiger partial charge in [-0.05, 0) is 97.6 Å². The minimum absolute atomic E-state index is 0.153. The first-order valence-corrected chi connectivity index (χ1v) is 14.4. The molecule has 38 heavy (non-hydrogen) atoms.